The highest BCUT2D eigenvalue weighted by molar-refractivity contribution is 5.20. The van der Waals surface area contributed by atoms with Crippen molar-refractivity contribution in [2.45, 2.75) is 32.2 Å². The van der Waals surface area contributed by atoms with Gasteiger partial charge < -0.3 is 10.1 Å². The van der Waals surface area contributed by atoms with E-state index in [1.54, 1.807) is 0 Å². The highest BCUT2D eigenvalue weighted by atomic mass is 16.5. The molecule has 1 aromatic rings. The minimum atomic E-state index is 0.692. The Morgan fingerprint density at radius 2 is 1.95 bits per heavy atom. The van der Waals surface area contributed by atoms with Crippen molar-refractivity contribution in [1.82, 2.24) is 10.2 Å². The zero-order valence-corrected chi connectivity index (χ0v) is 12.8. The Morgan fingerprint density at radius 3 is 2.55 bits per heavy atom. The van der Waals surface area contributed by atoms with Crippen molar-refractivity contribution < 1.29 is 4.74 Å². The lowest BCUT2D eigenvalue weighted by atomic mass is 9.88. The summed E-state index contributed by atoms with van der Waals surface area (Å²) in [5, 5.41) is 3.46. The van der Waals surface area contributed by atoms with Gasteiger partial charge in [0.1, 0.15) is 12.4 Å². The van der Waals surface area contributed by atoms with Crippen LogP contribution in [0.3, 0.4) is 0 Å². The lowest BCUT2D eigenvalue weighted by molar-refractivity contribution is 0.138. The third kappa shape index (κ3) is 4.50. The van der Waals surface area contributed by atoms with Gasteiger partial charge in [0.05, 0.1) is 0 Å². The number of benzene rings is 1. The molecular weight excluding hydrogens is 248 g/mol. The summed E-state index contributed by atoms with van der Waals surface area (Å²) < 4.78 is 5.77. The first-order chi connectivity index (χ1) is 9.83. The number of nitrogens with zero attached hydrogens (tertiary/aromatic N) is 1. The number of ether oxygens (including phenoxy) is 1. The molecule has 0 saturated carbocycles. The molecule has 1 heterocycles. The highest BCUT2D eigenvalue weighted by Gasteiger charge is 2.24. The fourth-order valence-corrected chi connectivity index (χ4v) is 3.16. The average molecular weight is 276 g/mol. The molecule has 112 valence electrons. The second-order valence-electron chi connectivity index (χ2n) is 5.64. The smallest absolute Gasteiger partial charge is 0.119 e. The van der Waals surface area contributed by atoms with Crippen molar-refractivity contribution >= 4 is 0 Å². The molecule has 3 nitrogen and oxygen atoms in total. The van der Waals surface area contributed by atoms with Crippen molar-refractivity contribution in [2.75, 3.05) is 33.3 Å². The van der Waals surface area contributed by atoms with Gasteiger partial charge in [0.15, 0.2) is 0 Å². The van der Waals surface area contributed by atoms with Crippen molar-refractivity contribution in [2.24, 2.45) is 5.92 Å². The molecule has 1 aliphatic rings. The van der Waals surface area contributed by atoms with Crippen LogP contribution in [0.25, 0.3) is 0 Å². The number of para-hydroxylation sites is 1. The van der Waals surface area contributed by atoms with Crippen LogP contribution in [0.5, 0.6) is 5.75 Å². The van der Waals surface area contributed by atoms with Crippen LogP contribution in [0, 0.1) is 5.92 Å². The van der Waals surface area contributed by atoms with Gasteiger partial charge in [0.2, 0.25) is 0 Å². The quantitative estimate of drug-likeness (QED) is 0.829. The van der Waals surface area contributed by atoms with Crippen LogP contribution < -0.4 is 10.1 Å². The predicted octanol–water partition coefficient (Wildman–Crippen LogP) is 2.78. The Morgan fingerprint density at radius 1 is 1.25 bits per heavy atom. The van der Waals surface area contributed by atoms with Gasteiger partial charge in [-0.1, -0.05) is 25.1 Å². The molecule has 2 rings (SSSR count). The lowest BCUT2D eigenvalue weighted by Crippen LogP contribution is -2.43. The van der Waals surface area contributed by atoms with Crippen LogP contribution in [-0.2, 0) is 0 Å². The molecule has 0 aliphatic carbocycles. The topological polar surface area (TPSA) is 24.5 Å². The molecule has 0 spiro atoms. The maximum absolute atomic E-state index is 5.77. The summed E-state index contributed by atoms with van der Waals surface area (Å²) >= 11 is 0. The van der Waals surface area contributed by atoms with Gasteiger partial charge in [-0.25, -0.2) is 0 Å². The normalized spacial score (nSPS) is 18.9. The van der Waals surface area contributed by atoms with Gasteiger partial charge in [0, 0.05) is 12.6 Å². The van der Waals surface area contributed by atoms with E-state index in [9.17, 15) is 0 Å². The summed E-state index contributed by atoms with van der Waals surface area (Å²) in [5.41, 5.74) is 0. The summed E-state index contributed by atoms with van der Waals surface area (Å²) in [6.07, 6.45) is 3.85. The first-order valence-corrected chi connectivity index (χ1v) is 7.91. The van der Waals surface area contributed by atoms with Crippen LogP contribution in [0.4, 0.5) is 0 Å². The minimum Gasteiger partial charge on any atom is -0.492 e. The molecule has 1 N–H and O–H groups in total. The SMILES string of the molecule is CCC(NC)C1CCN(CCOc2ccccc2)CC1. The highest BCUT2D eigenvalue weighted by Crippen LogP contribution is 2.22. The van der Waals surface area contributed by atoms with Gasteiger partial charge in [-0.2, -0.15) is 0 Å². The summed E-state index contributed by atoms with van der Waals surface area (Å²) in [4.78, 5) is 2.53. The Balaban J connectivity index is 1.65. The van der Waals surface area contributed by atoms with Crippen LogP contribution in [-0.4, -0.2) is 44.2 Å². The predicted molar refractivity (Wildman–Crippen MR) is 84.2 cm³/mol. The summed E-state index contributed by atoms with van der Waals surface area (Å²) in [6, 6.07) is 10.8. The van der Waals surface area contributed by atoms with Crippen LogP contribution in [0.2, 0.25) is 0 Å². The van der Waals surface area contributed by atoms with Crippen molar-refractivity contribution in [3.63, 3.8) is 0 Å². The van der Waals surface area contributed by atoms with E-state index in [-0.39, 0.29) is 0 Å². The molecule has 3 heteroatoms. The molecule has 1 atom stereocenters. The standard InChI is InChI=1S/C17H28N2O/c1-3-17(18-2)15-9-11-19(12-10-15)13-14-20-16-7-5-4-6-8-16/h4-8,15,17-18H,3,9-14H2,1-2H3. The van der Waals surface area contributed by atoms with Gasteiger partial charge in [0.25, 0.3) is 0 Å². The number of likely N-dealkylation sites (tertiary alicyclic amines) is 1. The molecule has 1 fully saturated rings. The molecule has 0 amide bonds. The first kappa shape index (κ1) is 15.3. The fourth-order valence-electron chi connectivity index (χ4n) is 3.16. The minimum absolute atomic E-state index is 0.692. The molecule has 1 aliphatic heterocycles. The van der Waals surface area contributed by atoms with E-state index in [1.165, 1.54) is 32.4 Å². The monoisotopic (exact) mass is 276 g/mol. The van der Waals surface area contributed by atoms with Gasteiger partial charge >= 0.3 is 0 Å². The van der Waals surface area contributed by atoms with E-state index in [0.29, 0.717) is 6.04 Å². The lowest BCUT2D eigenvalue weighted by Gasteiger charge is -2.35. The Hall–Kier alpha value is -1.06. The largest absolute Gasteiger partial charge is 0.492 e. The number of rotatable bonds is 7. The summed E-state index contributed by atoms with van der Waals surface area (Å²) in [7, 11) is 2.09. The fraction of sp³-hybridized carbons (Fsp3) is 0.647. The number of piperidine rings is 1. The van der Waals surface area contributed by atoms with Crippen LogP contribution >= 0.6 is 0 Å². The van der Waals surface area contributed by atoms with E-state index in [2.05, 4.69) is 24.2 Å². The molecule has 0 bridgehead atoms. The van der Waals surface area contributed by atoms with E-state index < -0.39 is 0 Å². The molecule has 1 unspecified atom stereocenters. The molecule has 1 aromatic carbocycles. The molecule has 0 radical (unpaired) electrons. The van der Waals surface area contributed by atoms with Crippen LogP contribution in [0.1, 0.15) is 26.2 Å². The Kier molecular flexibility index (Phi) is 6.34. The molecule has 20 heavy (non-hydrogen) atoms. The third-order valence-corrected chi connectivity index (χ3v) is 4.43. The van der Waals surface area contributed by atoms with Crippen LogP contribution in [0.15, 0.2) is 30.3 Å². The first-order valence-electron chi connectivity index (χ1n) is 7.91. The molecular formula is C17H28N2O. The van der Waals surface area contributed by atoms with Crippen molar-refractivity contribution in [3.05, 3.63) is 30.3 Å². The van der Waals surface area contributed by atoms with Crippen molar-refractivity contribution in [3.8, 4) is 5.75 Å². The maximum Gasteiger partial charge on any atom is 0.119 e. The van der Waals surface area contributed by atoms with E-state index >= 15 is 0 Å². The third-order valence-electron chi connectivity index (χ3n) is 4.43. The summed E-state index contributed by atoms with van der Waals surface area (Å²) in [6.45, 7) is 6.53. The summed E-state index contributed by atoms with van der Waals surface area (Å²) in [5.74, 6) is 1.82. The van der Waals surface area contributed by atoms with Gasteiger partial charge in [-0.15, -0.1) is 0 Å². The Bertz CT molecular complexity index is 357. The molecule has 0 aromatic heterocycles. The van der Waals surface area contributed by atoms with Crippen molar-refractivity contribution in [1.29, 1.82) is 0 Å². The van der Waals surface area contributed by atoms with Gasteiger partial charge in [-0.3, -0.25) is 4.90 Å². The number of nitrogens with one attached hydrogen (secondary N) is 1. The maximum atomic E-state index is 5.77. The average Bonchev–Trinajstić information content (AvgIpc) is 2.51. The van der Waals surface area contributed by atoms with E-state index in [4.69, 9.17) is 4.74 Å². The number of hydrogen-bond acceptors (Lipinski definition) is 3. The van der Waals surface area contributed by atoms with E-state index in [1.807, 2.05) is 30.3 Å². The second kappa shape index (κ2) is 8.28. The molecule has 1 saturated heterocycles. The van der Waals surface area contributed by atoms with Gasteiger partial charge in [-0.05, 0) is 57.5 Å². The Labute approximate surface area is 123 Å². The zero-order chi connectivity index (χ0) is 14.2. The second-order valence-corrected chi connectivity index (χ2v) is 5.64. The number of hydrogen-bond donors (Lipinski definition) is 1. The zero-order valence-electron chi connectivity index (χ0n) is 12.8. The van der Waals surface area contributed by atoms with E-state index in [0.717, 1.165) is 24.8 Å².